The predicted molar refractivity (Wildman–Crippen MR) is 84.7 cm³/mol. The molecule has 0 saturated carbocycles. The predicted octanol–water partition coefficient (Wildman–Crippen LogP) is 1.12. The minimum atomic E-state index is -3.40. The van der Waals surface area contributed by atoms with Crippen molar-refractivity contribution in [2.75, 3.05) is 33.7 Å². The summed E-state index contributed by atoms with van der Waals surface area (Å²) in [7, 11) is 0.512. The highest BCUT2D eigenvalue weighted by Gasteiger charge is 2.31. The molecule has 0 aliphatic carbocycles. The molecule has 0 amide bonds. The fourth-order valence-electron chi connectivity index (χ4n) is 2.83. The molecule has 21 heavy (non-hydrogen) atoms. The number of likely N-dealkylation sites (N-methyl/N-ethyl adjacent to an activating group) is 1. The van der Waals surface area contributed by atoms with Crippen LogP contribution in [0.3, 0.4) is 0 Å². The molecular formula is C15H25N3O2S. The third-order valence-electron chi connectivity index (χ3n) is 3.90. The average molecular weight is 311 g/mol. The smallest absolute Gasteiger partial charge is 0.243 e. The Hall–Kier alpha value is -0.950. The van der Waals surface area contributed by atoms with Crippen LogP contribution in [-0.4, -0.2) is 57.4 Å². The Morgan fingerprint density at radius 3 is 2.52 bits per heavy atom. The van der Waals surface area contributed by atoms with E-state index in [0.29, 0.717) is 11.4 Å². The van der Waals surface area contributed by atoms with E-state index in [0.717, 1.165) is 31.6 Å². The second kappa shape index (κ2) is 6.87. The van der Waals surface area contributed by atoms with Gasteiger partial charge in [0, 0.05) is 25.7 Å². The third kappa shape index (κ3) is 3.83. The van der Waals surface area contributed by atoms with E-state index in [-0.39, 0.29) is 6.04 Å². The average Bonchev–Trinajstić information content (AvgIpc) is 2.60. The summed E-state index contributed by atoms with van der Waals surface area (Å²) < 4.78 is 27.3. The maximum atomic E-state index is 12.8. The summed E-state index contributed by atoms with van der Waals surface area (Å²) in [5.74, 6) is 0. The van der Waals surface area contributed by atoms with Crippen molar-refractivity contribution in [1.82, 2.24) is 14.5 Å². The van der Waals surface area contributed by atoms with Crippen LogP contribution in [0.1, 0.15) is 18.9 Å². The van der Waals surface area contributed by atoms with E-state index in [1.165, 1.54) is 0 Å². The Morgan fingerprint density at radius 1 is 1.24 bits per heavy atom. The lowest BCUT2D eigenvalue weighted by atomic mass is 10.2. The first-order valence-corrected chi connectivity index (χ1v) is 8.83. The molecule has 1 saturated heterocycles. The molecule has 0 spiro atoms. The first-order valence-electron chi connectivity index (χ1n) is 7.39. The normalized spacial score (nSPS) is 22.1. The summed E-state index contributed by atoms with van der Waals surface area (Å²) in [6, 6.07) is 7.17. The fraction of sp³-hybridized carbons (Fsp3) is 0.600. The second-order valence-corrected chi connectivity index (χ2v) is 7.65. The molecule has 1 aliphatic heterocycles. The molecule has 118 valence electrons. The lowest BCUT2D eigenvalue weighted by Crippen LogP contribution is -2.41. The molecule has 1 unspecified atom stereocenters. The van der Waals surface area contributed by atoms with Gasteiger partial charge in [-0.1, -0.05) is 12.1 Å². The number of hydrogen-bond donors (Lipinski definition) is 1. The van der Waals surface area contributed by atoms with Crippen LogP contribution >= 0.6 is 0 Å². The van der Waals surface area contributed by atoms with Crippen molar-refractivity contribution in [1.29, 1.82) is 0 Å². The van der Waals surface area contributed by atoms with Gasteiger partial charge in [-0.05, 0) is 51.7 Å². The van der Waals surface area contributed by atoms with E-state index in [1.807, 2.05) is 33.2 Å². The minimum absolute atomic E-state index is 0.000477. The largest absolute Gasteiger partial charge is 0.316 e. The summed E-state index contributed by atoms with van der Waals surface area (Å²) in [5.41, 5.74) is 1.08. The molecule has 1 fully saturated rings. The molecule has 1 aromatic carbocycles. The zero-order valence-electron chi connectivity index (χ0n) is 13.0. The molecule has 1 heterocycles. The maximum absolute atomic E-state index is 12.8. The Labute approximate surface area is 128 Å². The molecule has 5 nitrogen and oxygen atoms in total. The molecule has 1 aliphatic rings. The van der Waals surface area contributed by atoms with Gasteiger partial charge in [-0.3, -0.25) is 0 Å². The maximum Gasteiger partial charge on any atom is 0.243 e. The number of nitrogens with one attached hydrogen (secondary N) is 1. The van der Waals surface area contributed by atoms with Crippen LogP contribution in [0.25, 0.3) is 0 Å². The molecule has 0 aromatic heterocycles. The van der Waals surface area contributed by atoms with Crippen LogP contribution in [-0.2, 0) is 16.6 Å². The van der Waals surface area contributed by atoms with E-state index in [4.69, 9.17) is 0 Å². The van der Waals surface area contributed by atoms with Crippen molar-refractivity contribution in [2.45, 2.75) is 30.8 Å². The van der Waals surface area contributed by atoms with E-state index in [2.05, 4.69) is 10.2 Å². The Morgan fingerprint density at radius 2 is 1.90 bits per heavy atom. The van der Waals surface area contributed by atoms with E-state index in [9.17, 15) is 8.42 Å². The topological polar surface area (TPSA) is 52.7 Å². The highest BCUT2D eigenvalue weighted by atomic mass is 32.2. The molecule has 1 atom stereocenters. The number of rotatable bonds is 4. The van der Waals surface area contributed by atoms with Crippen LogP contribution in [0.15, 0.2) is 29.2 Å². The summed E-state index contributed by atoms with van der Waals surface area (Å²) in [4.78, 5) is 2.58. The zero-order valence-corrected chi connectivity index (χ0v) is 13.9. The van der Waals surface area contributed by atoms with Crippen LogP contribution in [0.5, 0.6) is 0 Å². The van der Waals surface area contributed by atoms with Crippen molar-refractivity contribution < 1.29 is 8.42 Å². The van der Waals surface area contributed by atoms with E-state index in [1.54, 1.807) is 16.4 Å². The van der Waals surface area contributed by atoms with Crippen molar-refractivity contribution in [3.05, 3.63) is 29.8 Å². The standard InChI is InChI=1S/C15H25N3O2S/c1-13-12-17(3)9-4-10-18(13)21(19,20)15-7-5-14(6-8-15)11-16-2/h5-8,13,16H,4,9-12H2,1-3H3. The third-order valence-corrected chi connectivity index (χ3v) is 5.92. The van der Waals surface area contributed by atoms with Crippen molar-refractivity contribution in [3.8, 4) is 0 Å². The summed E-state index contributed by atoms with van der Waals surface area (Å²) in [6.07, 6.45) is 0.873. The monoisotopic (exact) mass is 311 g/mol. The van der Waals surface area contributed by atoms with Crippen molar-refractivity contribution in [3.63, 3.8) is 0 Å². The van der Waals surface area contributed by atoms with Crippen molar-refractivity contribution in [2.24, 2.45) is 0 Å². The number of sulfonamides is 1. The zero-order chi connectivity index (χ0) is 15.5. The summed E-state index contributed by atoms with van der Waals surface area (Å²) in [5, 5.41) is 3.06. The van der Waals surface area contributed by atoms with Gasteiger partial charge in [0.1, 0.15) is 0 Å². The van der Waals surface area contributed by atoms with Gasteiger partial charge in [0.25, 0.3) is 0 Å². The van der Waals surface area contributed by atoms with E-state index >= 15 is 0 Å². The van der Waals surface area contributed by atoms with Crippen LogP contribution < -0.4 is 5.32 Å². The van der Waals surface area contributed by atoms with Crippen LogP contribution in [0.2, 0.25) is 0 Å². The minimum Gasteiger partial charge on any atom is -0.316 e. The molecule has 2 rings (SSSR count). The number of benzene rings is 1. The van der Waals surface area contributed by atoms with Gasteiger partial charge < -0.3 is 10.2 Å². The Bertz CT molecular complexity index is 557. The molecule has 0 radical (unpaired) electrons. The van der Waals surface area contributed by atoms with Crippen LogP contribution in [0.4, 0.5) is 0 Å². The highest BCUT2D eigenvalue weighted by molar-refractivity contribution is 7.89. The SMILES string of the molecule is CNCc1ccc(S(=O)(=O)N2CCCN(C)CC2C)cc1. The van der Waals surface area contributed by atoms with Crippen molar-refractivity contribution >= 4 is 10.0 Å². The van der Waals surface area contributed by atoms with Gasteiger partial charge in [0.2, 0.25) is 10.0 Å². The van der Waals surface area contributed by atoms with Gasteiger partial charge in [0.05, 0.1) is 4.90 Å². The van der Waals surface area contributed by atoms with Crippen LogP contribution in [0, 0.1) is 0 Å². The van der Waals surface area contributed by atoms with Gasteiger partial charge in [-0.2, -0.15) is 4.31 Å². The Kier molecular flexibility index (Phi) is 5.37. The molecule has 6 heteroatoms. The van der Waals surface area contributed by atoms with Gasteiger partial charge in [-0.15, -0.1) is 0 Å². The molecule has 1 aromatic rings. The lowest BCUT2D eigenvalue weighted by Gasteiger charge is -2.27. The molecule has 0 bridgehead atoms. The quantitative estimate of drug-likeness (QED) is 0.905. The van der Waals surface area contributed by atoms with E-state index < -0.39 is 10.0 Å². The Balaban J connectivity index is 2.23. The highest BCUT2D eigenvalue weighted by Crippen LogP contribution is 2.21. The molecule has 1 N–H and O–H groups in total. The van der Waals surface area contributed by atoms with Gasteiger partial charge in [-0.25, -0.2) is 8.42 Å². The lowest BCUT2D eigenvalue weighted by molar-refractivity contribution is 0.290. The summed E-state index contributed by atoms with van der Waals surface area (Å²) in [6.45, 7) is 5.03. The first kappa shape index (κ1) is 16.4. The number of nitrogens with zero attached hydrogens (tertiary/aromatic N) is 2. The van der Waals surface area contributed by atoms with Gasteiger partial charge >= 0.3 is 0 Å². The summed E-state index contributed by atoms with van der Waals surface area (Å²) >= 11 is 0. The molecular weight excluding hydrogens is 286 g/mol. The fourth-order valence-corrected chi connectivity index (χ4v) is 4.49. The van der Waals surface area contributed by atoms with Gasteiger partial charge in [0.15, 0.2) is 0 Å². The second-order valence-electron chi connectivity index (χ2n) is 5.75. The first-order chi connectivity index (χ1) is 9.95. The number of hydrogen-bond acceptors (Lipinski definition) is 4.